The van der Waals surface area contributed by atoms with Gasteiger partial charge in [-0.25, -0.2) is 0 Å². The molecule has 0 radical (unpaired) electrons. The number of guanidine groups is 1. The van der Waals surface area contributed by atoms with Crippen LogP contribution < -0.4 is 26.6 Å². The van der Waals surface area contributed by atoms with E-state index in [4.69, 9.17) is 11.6 Å². The number of piperidine rings is 1. The van der Waals surface area contributed by atoms with Gasteiger partial charge >= 0.3 is 5.97 Å². The van der Waals surface area contributed by atoms with Gasteiger partial charge in [-0.05, 0) is 19.3 Å². The fraction of sp³-hybridized carbons (Fsp3) is 0.800. The van der Waals surface area contributed by atoms with E-state index >= 15 is 0 Å². The van der Waals surface area contributed by atoms with Gasteiger partial charge in [-0.3, -0.25) is 19.4 Å². The Bertz CT molecular complexity index is 758. The number of alkyl halides is 2. The number of rotatable bonds is 8. The number of carbonyl (C=O) groups excluding carboxylic acids is 2. The largest absolute Gasteiger partial charge is 0.481 e. The Labute approximate surface area is 206 Å². The van der Waals surface area contributed by atoms with Gasteiger partial charge in [0.1, 0.15) is 0 Å². The number of carboxylic acids is 1. The molecule has 1 aliphatic carbocycles. The lowest BCUT2D eigenvalue weighted by atomic mass is 9.80. The van der Waals surface area contributed by atoms with Crippen molar-refractivity contribution >= 4 is 51.3 Å². The highest BCUT2D eigenvalue weighted by molar-refractivity contribution is 9.09. The number of aliphatic imine (C=N–C) groups is 1. The van der Waals surface area contributed by atoms with E-state index in [1.807, 2.05) is 0 Å². The minimum atomic E-state index is -1.09. The van der Waals surface area contributed by atoms with Crippen molar-refractivity contribution in [3.63, 3.8) is 0 Å². The molecule has 186 valence electrons. The van der Waals surface area contributed by atoms with Gasteiger partial charge in [0.15, 0.2) is 5.96 Å². The molecular weight excluding hydrogens is 520 g/mol. The van der Waals surface area contributed by atoms with Crippen LogP contribution in [0.25, 0.3) is 0 Å². The van der Waals surface area contributed by atoms with Gasteiger partial charge in [0.05, 0.1) is 31.5 Å². The Kier molecular flexibility index (Phi) is 9.59. The summed E-state index contributed by atoms with van der Waals surface area (Å²) < 4.78 is 0. The molecular formula is C20H32BrClN6O5. The highest BCUT2D eigenvalue weighted by Crippen LogP contribution is 2.35. The van der Waals surface area contributed by atoms with Crippen molar-refractivity contribution in [2.75, 3.05) is 32.7 Å². The molecule has 2 heterocycles. The normalized spacial score (nSPS) is 32.8. The Morgan fingerprint density at radius 3 is 2.73 bits per heavy atom. The summed E-state index contributed by atoms with van der Waals surface area (Å²) in [7, 11) is 0. The van der Waals surface area contributed by atoms with Crippen molar-refractivity contribution in [2.24, 2.45) is 16.8 Å². The summed E-state index contributed by atoms with van der Waals surface area (Å²) in [5.41, 5.74) is 0. The molecule has 0 bridgehead atoms. The van der Waals surface area contributed by atoms with Crippen molar-refractivity contribution in [3.05, 3.63) is 0 Å². The van der Waals surface area contributed by atoms with Crippen LogP contribution in [0.4, 0.5) is 0 Å². The van der Waals surface area contributed by atoms with Gasteiger partial charge in [-0.2, -0.15) is 0 Å². The third-order valence-corrected chi connectivity index (χ3v) is 7.51. The molecule has 0 aromatic rings. The molecule has 1 saturated heterocycles. The van der Waals surface area contributed by atoms with E-state index in [1.165, 1.54) is 0 Å². The lowest BCUT2D eigenvalue weighted by Crippen LogP contribution is -2.55. The van der Waals surface area contributed by atoms with Crippen molar-refractivity contribution in [3.8, 4) is 0 Å². The Morgan fingerprint density at radius 1 is 1.24 bits per heavy atom. The number of aliphatic hydroxyl groups excluding tert-OH is 1. The highest BCUT2D eigenvalue weighted by atomic mass is 79.9. The number of hydrogen-bond acceptors (Lipinski definition) is 8. The monoisotopic (exact) mass is 550 g/mol. The molecule has 7 atom stereocenters. The Morgan fingerprint density at radius 2 is 2.03 bits per heavy atom. The van der Waals surface area contributed by atoms with E-state index in [9.17, 15) is 24.6 Å². The van der Waals surface area contributed by atoms with Crippen molar-refractivity contribution in [1.29, 1.82) is 0 Å². The van der Waals surface area contributed by atoms with Crippen LogP contribution in [0.3, 0.4) is 0 Å². The summed E-state index contributed by atoms with van der Waals surface area (Å²) >= 11 is 9.65. The number of halogens is 2. The molecule has 33 heavy (non-hydrogen) atoms. The van der Waals surface area contributed by atoms with Crippen molar-refractivity contribution in [2.45, 2.75) is 54.1 Å². The fourth-order valence-electron chi connectivity index (χ4n) is 4.59. The molecule has 7 N–H and O–H groups in total. The Balaban J connectivity index is 1.49. The first-order valence-electron chi connectivity index (χ1n) is 11.2. The zero-order valence-corrected chi connectivity index (χ0v) is 20.6. The van der Waals surface area contributed by atoms with Crippen LogP contribution in [0, 0.1) is 11.8 Å². The molecule has 7 unspecified atom stereocenters. The number of nitrogens with one attached hydrogen (secondary N) is 5. The number of hydrogen-bond donors (Lipinski definition) is 7. The third-order valence-electron chi connectivity index (χ3n) is 6.24. The molecule has 0 aromatic carbocycles. The standard InChI is InChI=1S/C20H32BrClN6O5/c21-14-5-11(22)4-13(18(14)32)15(6-17(30)31)28-16(29)9-26-19(33)10-3-12(8-23-7-10)27-20-24-1-2-25-20/h10-15,18,23,32H,1-9H2,(H,26,33)(H,28,29)(H,30,31)(H2,24,25,27). The van der Waals surface area contributed by atoms with E-state index in [2.05, 4.69) is 47.5 Å². The van der Waals surface area contributed by atoms with Crippen LogP contribution in [0.15, 0.2) is 4.99 Å². The zero-order chi connectivity index (χ0) is 24.0. The first-order valence-corrected chi connectivity index (χ1v) is 12.6. The maximum Gasteiger partial charge on any atom is 0.305 e. The van der Waals surface area contributed by atoms with E-state index in [0.717, 1.165) is 19.0 Å². The molecule has 2 fully saturated rings. The zero-order valence-electron chi connectivity index (χ0n) is 18.2. The van der Waals surface area contributed by atoms with Crippen LogP contribution in [0.5, 0.6) is 0 Å². The first kappa shape index (κ1) is 26.0. The first-order chi connectivity index (χ1) is 15.7. The van der Waals surface area contributed by atoms with Gasteiger partial charge in [-0.15, -0.1) is 11.6 Å². The van der Waals surface area contributed by atoms with Gasteiger partial charge in [0.2, 0.25) is 11.8 Å². The number of carboxylic acid groups (broad SMARTS) is 1. The second-order valence-electron chi connectivity index (χ2n) is 8.82. The predicted molar refractivity (Wildman–Crippen MR) is 126 cm³/mol. The molecule has 11 nitrogen and oxygen atoms in total. The molecule has 0 spiro atoms. The van der Waals surface area contributed by atoms with Crippen molar-refractivity contribution in [1.82, 2.24) is 26.6 Å². The number of nitrogens with zero attached hydrogens (tertiary/aromatic N) is 1. The lowest BCUT2D eigenvalue weighted by Gasteiger charge is -2.39. The summed E-state index contributed by atoms with van der Waals surface area (Å²) in [5.74, 6) is -1.93. The molecule has 3 rings (SSSR count). The van der Waals surface area contributed by atoms with Gasteiger partial charge < -0.3 is 36.8 Å². The summed E-state index contributed by atoms with van der Waals surface area (Å²) in [4.78, 5) is 40.5. The smallest absolute Gasteiger partial charge is 0.305 e. The fourth-order valence-corrected chi connectivity index (χ4v) is 6.05. The number of aliphatic carboxylic acids is 1. The van der Waals surface area contributed by atoms with Gasteiger partial charge in [0.25, 0.3) is 0 Å². The molecule has 0 aromatic heterocycles. The highest BCUT2D eigenvalue weighted by Gasteiger charge is 2.40. The second-order valence-corrected chi connectivity index (χ2v) is 10.6. The van der Waals surface area contributed by atoms with Gasteiger partial charge in [-0.1, -0.05) is 15.9 Å². The summed E-state index contributed by atoms with van der Waals surface area (Å²) in [5, 5.41) is 34.5. The van der Waals surface area contributed by atoms with E-state index in [1.54, 1.807) is 0 Å². The Hall–Kier alpha value is -1.63. The quantitative estimate of drug-likeness (QED) is 0.184. The van der Waals surface area contributed by atoms with Crippen LogP contribution in [-0.2, 0) is 14.4 Å². The molecule has 2 amide bonds. The predicted octanol–water partition coefficient (Wildman–Crippen LogP) is -1.27. The van der Waals surface area contributed by atoms with Crippen molar-refractivity contribution < 1.29 is 24.6 Å². The van der Waals surface area contributed by atoms with Crippen LogP contribution in [-0.4, -0.2) is 95.1 Å². The summed E-state index contributed by atoms with van der Waals surface area (Å²) in [6, 6.07) is -0.755. The van der Waals surface area contributed by atoms with E-state index in [-0.39, 0.29) is 41.0 Å². The van der Waals surface area contributed by atoms with E-state index < -0.39 is 29.9 Å². The van der Waals surface area contributed by atoms with Crippen LogP contribution in [0.2, 0.25) is 0 Å². The van der Waals surface area contributed by atoms with Gasteiger partial charge in [0, 0.05) is 47.8 Å². The third kappa shape index (κ3) is 7.69. The molecule has 13 heteroatoms. The number of aliphatic hydroxyl groups is 1. The molecule has 2 aliphatic heterocycles. The topological polar surface area (TPSA) is 164 Å². The number of carbonyl (C=O) groups is 3. The summed E-state index contributed by atoms with van der Waals surface area (Å²) in [6.45, 7) is 2.46. The van der Waals surface area contributed by atoms with E-state index in [0.29, 0.717) is 32.4 Å². The number of amides is 2. The maximum absolute atomic E-state index is 12.6. The second kappa shape index (κ2) is 12.2. The van der Waals surface area contributed by atoms with Crippen LogP contribution >= 0.6 is 27.5 Å². The minimum Gasteiger partial charge on any atom is -0.481 e. The SMILES string of the molecule is O=C(O)CC(NC(=O)CNC(=O)C1CNCC(NC2=NCCN2)C1)C1CC(Cl)CC(Br)C1O. The molecule has 1 saturated carbocycles. The average molecular weight is 552 g/mol. The average Bonchev–Trinajstić information content (AvgIpc) is 3.27. The maximum atomic E-state index is 12.6. The summed E-state index contributed by atoms with van der Waals surface area (Å²) in [6.07, 6.45) is 0.356. The van der Waals surface area contributed by atoms with Crippen LogP contribution in [0.1, 0.15) is 25.7 Å². The lowest BCUT2D eigenvalue weighted by molar-refractivity contribution is -0.139. The molecule has 3 aliphatic rings. The minimum absolute atomic E-state index is 0.0427.